The van der Waals surface area contributed by atoms with E-state index >= 15 is 0 Å². The van der Waals surface area contributed by atoms with Crippen LogP contribution >= 0.6 is 0 Å². The van der Waals surface area contributed by atoms with Gasteiger partial charge >= 0.3 is 5.97 Å². The van der Waals surface area contributed by atoms with Crippen LogP contribution in [0, 0.1) is 58.2 Å². The van der Waals surface area contributed by atoms with Gasteiger partial charge in [0, 0.05) is 35.8 Å². The summed E-state index contributed by atoms with van der Waals surface area (Å²) in [6, 6.07) is 0. The number of allylic oxidation sites excluding steroid dienone is 1. The van der Waals surface area contributed by atoms with Crippen LogP contribution in [0.25, 0.3) is 0 Å². The first kappa shape index (κ1) is 33.2. The number of carbonyl (C=O) groups is 2. The highest BCUT2D eigenvalue weighted by Gasteiger charge is 2.85. The molecule has 0 radical (unpaired) electrons. The molecule has 0 aromatic heterocycles. The van der Waals surface area contributed by atoms with Crippen LogP contribution in [0.1, 0.15) is 103 Å². The minimum atomic E-state index is -2.08. The summed E-state index contributed by atoms with van der Waals surface area (Å²) < 4.78 is 6.19. The van der Waals surface area contributed by atoms with Crippen LogP contribution in [0.2, 0.25) is 0 Å². The number of carbonyl (C=O) groups excluding carboxylic acids is 2. The Kier molecular flexibility index (Phi) is 7.27. The zero-order chi connectivity index (χ0) is 34.4. The summed E-state index contributed by atoms with van der Waals surface area (Å²) in [7, 11) is 1.87. The highest BCUT2D eigenvalue weighted by atomic mass is 16.6. The molecule has 6 N–H and O–H groups in total. The van der Waals surface area contributed by atoms with Crippen molar-refractivity contribution in [3.05, 3.63) is 23.3 Å². The van der Waals surface area contributed by atoms with Gasteiger partial charge in [0.15, 0.2) is 5.60 Å². The number of aliphatic hydroxyl groups is 5. The highest BCUT2D eigenvalue weighted by Crippen LogP contribution is 2.78. The van der Waals surface area contributed by atoms with Crippen molar-refractivity contribution >= 4 is 12.3 Å². The quantitative estimate of drug-likeness (QED) is 0.146. The molecular formula is C40H57NO8. The largest absolute Gasteiger partial charge is 0.447 e. The van der Waals surface area contributed by atoms with Gasteiger partial charge in [0.05, 0.1) is 23.2 Å². The van der Waals surface area contributed by atoms with Crippen LogP contribution < -0.4 is 5.32 Å². The smallest absolute Gasteiger partial charge is 0.332 e. The Labute approximate surface area is 289 Å². The van der Waals surface area contributed by atoms with Gasteiger partial charge in [-0.05, 0) is 118 Å². The monoisotopic (exact) mass is 679 g/mol. The summed E-state index contributed by atoms with van der Waals surface area (Å²) in [5.41, 5.74) is -6.80. The molecular weight excluding hydrogens is 622 g/mol. The number of ether oxygens (including phenoxy) is 1. The molecule has 0 saturated heterocycles. The molecule has 0 amide bonds. The molecule has 9 aliphatic rings. The number of likely N-dealkylation sites (N-methyl/N-ethyl adjacent to an activating group) is 1. The van der Waals surface area contributed by atoms with Gasteiger partial charge in [0.25, 0.3) is 0 Å². The van der Waals surface area contributed by atoms with E-state index in [1.807, 2.05) is 7.05 Å². The molecule has 2 bridgehead atoms. The molecule has 15 atom stereocenters. The fraction of sp³-hybridized carbons (Fsp3) is 0.850. The Morgan fingerprint density at radius 1 is 0.939 bits per heavy atom. The van der Waals surface area contributed by atoms with Crippen LogP contribution in [0.4, 0.5) is 0 Å². The van der Waals surface area contributed by atoms with Crippen molar-refractivity contribution in [2.45, 2.75) is 138 Å². The maximum Gasteiger partial charge on any atom is 0.332 e. The molecule has 9 rings (SSSR count). The average molecular weight is 680 g/mol. The zero-order valence-corrected chi connectivity index (χ0v) is 29.3. The number of hydrogen-bond donors (Lipinski definition) is 6. The molecule has 1 spiro atoms. The lowest BCUT2D eigenvalue weighted by Crippen LogP contribution is -2.85. The second kappa shape index (κ2) is 10.7. The van der Waals surface area contributed by atoms with E-state index in [1.165, 1.54) is 25.7 Å². The molecule has 0 aromatic carbocycles. The second-order valence-electron chi connectivity index (χ2n) is 18.4. The Balaban J connectivity index is 1.21. The van der Waals surface area contributed by atoms with E-state index in [-0.39, 0.29) is 36.6 Å². The Bertz CT molecular complexity index is 1490. The van der Waals surface area contributed by atoms with Crippen LogP contribution in [0.3, 0.4) is 0 Å². The second-order valence-corrected chi connectivity index (χ2v) is 18.4. The first-order valence-corrected chi connectivity index (χ1v) is 19.7. The fourth-order valence-electron chi connectivity index (χ4n) is 15.5. The van der Waals surface area contributed by atoms with Crippen molar-refractivity contribution in [2.24, 2.45) is 58.2 Å². The van der Waals surface area contributed by atoms with Crippen LogP contribution in [-0.4, -0.2) is 86.0 Å². The van der Waals surface area contributed by atoms with E-state index in [0.29, 0.717) is 69.7 Å². The summed E-state index contributed by atoms with van der Waals surface area (Å²) >= 11 is 0. The third kappa shape index (κ3) is 3.69. The molecule has 49 heavy (non-hydrogen) atoms. The topological polar surface area (TPSA) is 157 Å². The number of nitrogens with one attached hydrogen (secondary N) is 1. The van der Waals surface area contributed by atoms with E-state index in [9.17, 15) is 35.1 Å². The number of aliphatic hydroxyl groups excluding tert-OH is 2. The number of esters is 1. The van der Waals surface area contributed by atoms with Crippen LogP contribution in [-0.2, 0) is 14.3 Å². The fourth-order valence-corrected chi connectivity index (χ4v) is 15.5. The maximum absolute atomic E-state index is 13.9. The van der Waals surface area contributed by atoms with E-state index in [0.717, 1.165) is 23.9 Å². The molecule has 9 nitrogen and oxygen atoms in total. The Morgan fingerprint density at radius 2 is 1.71 bits per heavy atom. The first-order valence-electron chi connectivity index (χ1n) is 19.7. The van der Waals surface area contributed by atoms with E-state index < -0.39 is 63.2 Å². The number of hydrogen-bond acceptors (Lipinski definition) is 9. The molecule has 9 heteroatoms. The normalized spacial score (nSPS) is 55.0. The van der Waals surface area contributed by atoms with Crippen molar-refractivity contribution in [1.29, 1.82) is 0 Å². The lowest BCUT2D eigenvalue weighted by molar-refractivity contribution is -0.375. The van der Waals surface area contributed by atoms with Gasteiger partial charge in [0.1, 0.15) is 17.5 Å². The van der Waals surface area contributed by atoms with Crippen molar-refractivity contribution in [3.63, 3.8) is 0 Å². The summed E-state index contributed by atoms with van der Waals surface area (Å²) in [4.78, 5) is 26.9. The summed E-state index contributed by atoms with van der Waals surface area (Å²) in [5.74, 6) is -2.09. The minimum absolute atomic E-state index is 0.157. The maximum atomic E-state index is 13.9. The van der Waals surface area contributed by atoms with Crippen LogP contribution in [0.5, 0.6) is 0 Å². The molecule has 0 aromatic rings. The number of rotatable bonds is 5. The number of fused-ring (bicyclic) bond motifs is 3. The molecule has 270 valence electrons. The molecule has 15 unspecified atom stereocenters. The van der Waals surface area contributed by atoms with Gasteiger partial charge in [-0.25, -0.2) is 4.79 Å². The Hall–Kier alpha value is -1.62. The van der Waals surface area contributed by atoms with Gasteiger partial charge in [-0.2, -0.15) is 0 Å². The van der Waals surface area contributed by atoms with Crippen molar-refractivity contribution < 1.29 is 39.9 Å². The summed E-state index contributed by atoms with van der Waals surface area (Å²) in [5, 5.41) is 68.4. The third-order valence-electron chi connectivity index (χ3n) is 17.4. The zero-order valence-electron chi connectivity index (χ0n) is 29.3. The minimum Gasteiger partial charge on any atom is -0.447 e. The number of aldehydes is 1. The average Bonchev–Trinajstić information content (AvgIpc) is 3.74. The first-order chi connectivity index (χ1) is 23.4. The SMILES string of the molecule is CNCC1=CC2CC3(O)C4(CCCC15OC(=O)C=C5C24)CCC1C2(C=O)CCC(O)C4CCC(C(C)C5CCCC5)CC(C(O)C13O)C42O. The van der Waals surface area contributed by atoms with Gasteiger partial charge < -0.3 is 40.4 Å². The molecule has 1 heterocycles. The van der Waals surface area contributed by atoms with E-state index in [1.54, 1.807) is 6.08 Å². The lowest BCUT2D eigenvalue weighted by atomic mass is 9.35. The molecule has 8 aliphatic carbocycles. The van der Waals surface area contributed by atoms with Gasteiger partial charge in [-0.15, -0.1) is 0 Å². The van der Waals surface area contributed by atoms with Gasteiger partial charge in [-0.1, -0.05) is 38.7 Å². The van der Waals surface area contributed by atoms with Crippen molar-refractivity contribution in [2.75, 3.05) is 13.6 Å². The molecule has 1 aliphatic heterocycles. The highest BCUT2D eigenvalue weighted by molar-refractivity contribution is 5.88. The van der Waals surface area contributed by atoms with Gasteiger partial charge in [0.2, 0.25) is 0 Å². The predicted molar refractivity (Wildman–Crippen MR) is 180 cm³/mol. The van der Waals surface area contributed by atoms with Gasteiger partial charge in [-0.3, -0.25) is 0 Å². The van der Waals surface area contributed by atoms with Crippen molar-refractivity contribution in [1.82, 2.24) is 5.32 Å². The Morgan fingerprint density at radius 3 is 2.45 bits per heavy atom. The molecule has 7 saturated carbocycles. The van der Waals surface area contributed by atoms with Crippen LogP contribution in [0.15, 0.2) is 23.3 Å². The van der Waals surface area contributed by atoms with E-state index in [2.05, 4.69) is 18.3 Å². The summed E-state index contributed by atoms with van der Waals surface area (Å²) in [6.45, 7) is 2.83. The summed E-state index contributed by atoms with van der Waals surface area (Å²) in [6.07, 6.45) is 12.5. The third-order valence-corrected chi connectivity index (χ3v) is 17.4. The van der Waals surface area contributed by atoms with E-state index in [4.69, 9.17) is 4.74 Å². The lowest BCUT2D eigenvalue weighted by Gasteiger charge is -2.73. The predicted octanol–water partition coefficient (Wildman–Crippen LogP) is 3.35. The van der Waals surface area contributed by atoms with Crippen molar-refractivity contribution in [3.8, 4) is 0 Å². The standard InChI is InChI=1S/C40H57NO8/c1-22(23-6-3-4-7-23)24-8-9-27-30(43)10-14-36(21-42)31-11-15-35-12-5-13-37-26(20-41-2)16-25(33(35)28(37)18-32(44)49-37)19-38(35,46)40(31,48)34(45)29(17-24)39(27,36)47/h16,18,21-25,27,29-31,33-34,41,43,45-48H,3-15,17,19-20H2,1-2H3. The molecule has 7 fully saturated rings.